The lowest BCUT2D eigenvalue weighted by Gasteiger charge is -2.24. The maximum absolute atomic E-state index is 12.6. The Balaban J connectivity index is 2.67. The van der Waals surface area contributed by atoms with Crippen LogP contribution in [0.15, 0.2) is 71.4 Å². The molecule has 0 amide bonds. The van der Waals surface area contributed by atoms with Crippen LogP contribution in [0.1, 0.15) is 99.8 Å². The highest BCUT2D eigenvalue weighted by molar-refractivity contribution is 5.82. The van der Waals surface area contributed by atoms with E-state index in [0.29, 0.717) is 25.7 Å². The number of ether oxygens (including phenoxy) is 2. The normalized spacial score (nSPS) is 24.4. The van der Waals surface area contributed by atoms with Crippen molar-refractivity contribution in [2.75, 3.05) is 0 Å². The maximum Gasteiger partial charge on any atom is 0.331 e. The van der Waals surface area contributed by atoms with Crippen molar-refractivity contribution in [3.05, 3.63) is 71.4 Å². The largest absolute Gasteiger partial charge is 0.462 e. The Morgan fingerprint density at radius 3 is 2.49 bits per heavy atom. The number of carbonyl (C=O) groups excluding carboxylic acids is 2. The number of allylic oxidation sites excluding steroid dienone is 10. The van der Waals surface area contributed by atoms with Gasteiger partial charge in [0, 0.05) is 18.9 Å². The number of cyclic esters (lactones) is 1. The fourth-order valence-corrected chi connectivity index (χ4v) is 4.29. The van der Waals surface area contributed by atoms with Gasteiger partial charge in [0.25, 0.3) is 0 Å². The van der Waals surface area contributed by atoms with Crippen molar-refractivity contribution in [2.24, 2.45) is 11.8 Å². The van der Waals surface area contributed by atoms with Crippen molar-refractivity contribution >= 4 is 11.9 Å². The molecule has 0 aliphatic carbocycles. The van der Waals surface area contributed by atoms with Crippen LogP contribution in [0.2, 0.25) is 0 Å². The molecule has 1 N–H and O–H groups in total. The fourth-order valence-electron chi connectivity index (χ4n) is 4.29. The van der Waals surface area contributed by atoms with Gasteiger partial charge in [0.2, 0.25) is 0 Å². The predicted molar refractivity (Wildman–Crippen MR) is 161 cm³/mol. The van der Waals surface area contributed by atoms with Gasteiger partial charge in [0.1, 0.15) is 12.2 Å². The summed E-state index contributed by atoms with van der Waals surface area (Å²) in [6, 6.07) is 0. The van der Waals surface area contributed by atoms with Crippen molar-refractivity contribution in [3.8, 4) is 0 Å². The number of carbonyl (C=O) groups is 2. The summed E-state index contributed by atoms with van der Waals surface area (Å²) in [5, 5.41) is 9.33. The highest BCUT2D eigenvalue weighted by Gasteiger charge is 2.23. The number of hydrogen-bond donors (Lipinski definition) is 1. The molecular formula is C34H52O5. The number of aliphatic hydroxyl groups is 1. The first-order chi connectivity index (χ1) is 18.5. The third kappa shape index (κ3) is 16.8. The van der Waals surface area contributed by atoms with E-state index in [1.54, 1.807) is 6.08 Å². The van der Waals surface area contributed by atoms with Crippen molar-refractivity contribution < 1.29 is 24.2 Å². The van der Waals surface area contributed by atoms with Gasteiger partial charge in [0.05, 0.1) is 6.10 Å². The molecule has 0 aromatic carbocycles. The molecule has 4 atom stereocenters. The van der Waals surface area contributed by atoms with Gasteiger partial charge < -0.3 is 14.6 Å². The molecule has 0 aromatic rings. The van der Waals surface area contributed by atoms with Crippen LogP contribution in [0.5, 0.6) is 0 Å². The van der Waals surface area contributed by atoms with Crippen LogP contribution < -0.4 is 0 Å². The summed E-state index contributed by atoms with van der Waals surface area (Å²) >= 11 is 0. The van der Waals surface area contributed by atoms with Crippen LogP contribution in [0, 0.1) is 11.8 Å². The standard InChI is InChI=1S/C34H52O5/c1-25(2)31-19-11-9-17-29(6)32(20-13-21-33(36)38-31)39-34(37)23-22-28(5)24-27(4)16-12-15-26(3)14-8-10-18-30(7)35/h9,11-12,14-16,22-25,29-32,35H,8,10,13,17-21H2,1-7H3/b11-9+,15-12+,23-22+,26-14+,27-16?,28-24?/t29-,30-,31+,32-/m0/s1. The van der Waals surface area contributed by atoms with E-state index in [2.05, 4.69) is 52.0 Å². The van der Waals surface area contributed by atoms with Crippen LogP contribution in [0.25, 0.3) is 0 Å². The third-order valence-corrected chi connectivity index (χ3v) is 6.79. The van der Waals surface area contributed by atoms with Crippen molar-refractivity contribution in [1.29, 1.82) is 0 Å². The van der Waals surface area contributed by atoms with E-state index in [-0.39, 0.29) is 42.1 Å². The number of hydrogen-bond acceptors (Lipinski definition) is 5. The van der Waals surface area contributed by atoms with Crippen LogP contribution in [0.4, 0.5) is 0 Å². The second kappa shape index (κ2) is 19.4. The number of unbranched alkanes of at least 4 members (excludes halogenated alkanes) is 1. The van der Waals surface area contributed by atoms with Gasteiger partial charge in [-0.3, -0.25) is 4.79 Å². The molecule has 0 aromatic heterocycles. The summed E-state index contributed by atoms with van der Waals surface area (Å²) in [7, 11) is 0. The summed E-state index contributed by atoms with van der Waals surface area (Å²) in [6.07, 6.45) is 23.1. The second-order valence-corrected chi connectivity index (χ2v) is 11.3. The lowest BCUT2D eigenvalue weighted by molar-refractivity contribution is -0.151. The Morgan fingerprint density at radius 2 is 1.79 bits per heavy atom. The van der Waals surface area contributed by atoms with E-state index in [4.69, 9.17) is 9.47 Å². The van der Waals surface area contributed by atoms with E-state index < -0.39 is 0 Å². The molecular weight excluding hydrogens is 488 g/mol. The topological polar surface area (TPSA) is 72.8 Å². The van der Waals surface area contributed by atoms with E-state index >= 15 is 0 Å². The van der Waals surface area contributed by atoms with Crippen molar-refractivity contribution in [2.45, 2.75) is 118 Å². The van der Waals surface area contributed by atoms with Gasteiger partial charge in [-0.2, -0.15) is 0 Å². The van der Waals surface area contributed by atoms with Gasteiger partial charge in [-0.1, -0.05) is 86.1 Å². The molecule has 1 rings (SSSR count). The first-order valence-electron chi connectivity index (χ1n) is 14.6. The molecule has 218 valence electrons. The Kier molecular flexibility index (Phi) is 17.1. The quantitative estimate of drug-likeness (QED) is 0.0942. The minimum atomic E-state index is -0.365. The van der Waals surface area contributed by atoms with E-state index in [0.717, 1.165) is 36.8 Å². The first-order valence-corrected chi connectivity index (χ1v) is 14.6. The molecule has 0 radical (unpaired) electrons. The number of aliphatic hydroxyl groups excluding tert-OH is 1. The van der Waals surface area contributed by atoms with Crippen molar-refractivity contribution in [3.63, 3.8) is 0 Å². The lowest BCUT2D eigenvalue weighted by Crippen LogP contribution is -2.26. The highest BCUT2D eigenvalue weighted by Crippen LogP contribution is 2.22. The molecule has 0 fully saturated rings. The molecule has 5 heteroatoms. The van der Waals surface area contributed by atoms with Crippen LogP contribution in [0.3, 0.4) is 0 Å². The van der Waals surface area contributed by atoms with Crippen LogP contribution in [-0.2, 0) is 19.1 Å². The molecule has 1 heterocycles. The number of rotatable bonds is 11. The highest BCUT2D eigenvalue weighted by atomic mass is 16.5. The Labute approximate surface area is 237 Å². The average Bonchev–Trinajstić information content (AvgIpc) is 2.85. The minimum absolute atomic E-state index is 0.0918. The summed E-state index contributed by atoms with van der Waals surface area (Å²) in [5.74, 6) is -0.110. The molecule has 1 aliphatic heterocycles. The fraction of sp³-hybridized carbons (Fsp3) is 0.588. The Bertz CT molecular complexity index is 929. The smallest absolute Gasteiger partial charge is 0.331 e. The zero-order valence-corrected chi connectivity index (χ0v) is 25.3. The van der Waals surface area contributed by atoms with Crippen LogP contribution in [-0.4, -0.2) is 35.4 Å². The first kappa shape index (κ1) is 34.4. The summed E-state index contributed by atoms with van der Waals surface area (Å²) in [4.78, 5) is 24.9. The molecule has 0 bridgehead atoms. The third-order valence-electron chi connectivity index (χ3n) is 6.79. The molecule has 0 saturated carbocycles. The monoisotopic (exact) mass is 540 g/mol. The summed E-state index contributed by atoms with van der Waals surface area (Å²) in [6.45, 7) is 14.1. The molecule has 0 unspecified atom stereocenters. The van der Waals surface area contributed by atoms with Gasteiger partial charge in [-0.05, 0) is 78.1 Å². The minimum Gasteiger partial charge on any atom is -0.462 e. The predicted octanol–water partition coefficient (Wildman–Crippen LogP) is 8.12. The average molecular weight is 541 g/mol. The van der Waals surface area contributed by atoms with Gasteiger partial charge >= 0.3 is 11.9 Å². The van der Waals surface area contributed by atoms with E-state index in [1.165, 1.54) is 11.6 Å². The Morgan fingerprint density at radius 1 is 1.08 bits per heavy atom. The van der Waals surface area contributed by atoms with Gasteiger partial charge in [-0.15, -0.1) is 0 Å². The Hall–Kier alpha value is -2.66. The molecule has 1 aliphatic rings. The zero-order chi connectivity index (χ0) is 29.2. The van der Waals surface area contributed by atoms with Crippen molar-refractivity contribution in [1.82, 2.24) is 0 Å². The SMILES string of the molecule is CC(=C/C=C/C(C)=C/CCC[C@H](C)O)C=C(C)/C=C/C(=O)O[C@H]1CCCC(=O)O[C@@H](C(C)C)C/C=C/C[C@@H]1C. The number of esters is 2. The van der Waals surface area contributed by atoms with Gasteiger partial charge in [-0.25, -0.2) is 4.79 Å². The van der Waals surface area contributed by atoms with Crippen LogP contribution >= 0.6 is 0 Å². The van der Waals surface area contributed by atoms with E-state index in [9.17, 15) is 14.7 Å². The van der Waals surface area contributed by atoms with Gasteiger partial charge in [0.15, 0.2) is 0 Å². The second-order valence-electron chi connectivity index (χ2n) is 11.3. The maximum atomic E-state index is 12.6. The van der Waals surface area contributed by atoms with E-state index in [1.807, 2.05) is 39.0 Å². The molecule has 0 spiro atoms. The summed E-state index contributed by atoms with van der Waals surface area (Å²) in [5.41, 5.74) is 3.23. The molecule has 5 nitrogen and oxygen atoms in total. The molecule has 39 heavy (non-hydrogen) atoms. The summed E-state index contributed by atoms with van der Waals surface area (Å²) < 4.78 is 11.5. The molecule has 0 saturated heterocycles. The lowest BCUT2D eigenvalue weighted by atomic mass is 9.94. The zero-order valence-electron chi connectivity index (χ0n) is 25.3.